The summed E-state index contributed by atoms with van der Waals surface area (Å²) in [5.41, 5.74) is 1.16. The van der Waals surface area contributed by atoms with Gasteiger partial charge in [0, 0.05) is 18.5 Å². The molecule has 2 aromatic rings. The molecule has 1 aliphatic rings. The monoisotopic (exact) mass is 297 g/mol. The molecule has 2 atom stereocenters. The summed E-state index contributed by atoms with van der Waals surface area (Å²) < 4.78 is 5.77. The maximum Gasteiger partial charge on any atom is 0.407 e. The van der Waals surface area contributed by atoms with Crippen molar-refractivity contribution >= 4 is 6.09 Å². The number of amides is 1. The van der Waals surface area contributed by atoms with Crippen LogP contribution in [0.5, 0.6) is 11.5 Å². The summed E-state index contributed by atoms with van der Waals surface area (Å²) >= 11 is 0. The number of likely N-dealkylation sites (tertiary alicyclic amines) is 1. The summed E-state index contributed by atoms with van der Waals surface area (Å²) in [6, 6.07) is 17.7. The smallest absolute Gasteiger partial charge is 0.407 e. The molecule has 0 radical (unpaired) electrons. The van der Waals surface area contributed by atoms with E-state index in [1.54, 1.807) is 0 Å². The average Bonchev–Trinajstić information content (AvgIpc) is 2.91. The molecule has 0 spiro atoms. The third kappa shape index (κ3) is 3.06. The lowest BCUT2D eigenvalue weighted by molar-refractivity contribution is 0.143. The van der Waals surface area contributed by atoms with Gasteiger partial charge in [0.25, 0.3) is 0 Å². The number of hydrogen-bond donors (Lipinski definition) is 1. The summed E-state index contributed by atoms with van der Waals surface area (Å²) in [6.07, 6.45) is 0.0320. The predicted molar refractivity (Wildman–Crippen MR) is 84.5 cm³/mol. The maximum absolute atomic E-state index is 11.2. The Balaban J connectivity index is 1.68. The van der Waals surface area contributed by atoms with Crippen LogP contribution in [-0.4, -0.2) is 28.7 Å². The van der Waals surface area contributed by atoms with E-state index in [0.29, 0.717) is 6.54 Å². The molecule has 0 unspecified atom stereocenters. The molecule has 0 bridgehead atoms. The number of benzene rings is 2. The minimum absolute atomic E-state index is 0.0720. The second-order valence-electron chi connectivity index (χ2n) is 5.70. The first-order valence-corrected chi connectivity index (χ1v) is 7.46. The minimum Gasteiger partial charge on any atom is -0.465 e. The summed E-state index contributed by atoms with van der Waals surface area (Å²) in [5, 5.41) is 9.16. The van der Waals surface area contributed by atoms with Crippen molar-refractivity contribution in [3.63, 3.8) is 0 Å². The van der Waals surface area contributed by atoms with Crippen molar-refractivity contribution in [1.82, 2.24) is 4.90 Å². The molecule has 114 valence electrons. The van der Waals surface area contributed by atoms with Gasteiger partial charge >= 0.3 is 6.09 Å². The molecule has 4 heteroatoms. The zero-order valence-corrected chi connectivity index (χ0v) is 12.5. The molecule has 1 aliphatic heterocycles. The highest BCUT2D eigenvalue weighted by atomic mass is 16.5. The standard InChI is InChI=1S/C18H19NO3/c1-13-11-15(12-19(13)18(20)21)14-7-9-17(10-8-14)22-16-5-3-2-4-6-16/h2-10,13,15H,11-12H2,1H3,(H,20,21)/t13-,15+/m1/s1. The van der Waals surface area contributed by atoms with Crippen molar-refractivity contribution in [3.8, 4) is 11.5 Å². The van der Waals surface area contributed by atoms with Gasteiger partial charge in [0.1, 0.15) is 11.5 Å². The maximum atomic E-state index is 11.2. The van der Waals surface area contributed by atoms with Gasteiger partial charge in [-0.05, 0) is 43.2 Å². The first kappa shape index (κ1) is 14.4. The van der Waals surface area contributed by atoms with E-state index in [4.69, 9.17) is 9.84 Å². The van der Waals surface area contributed by atoms with Gasteiger partial charge < -0.3 is 14.7 Å². The fourth-order valence-corrected chi connectivity index (χ4v) is 2.97. The zero-order valence-electron chi connectivity index (χ0n) is 12.5. The van der Waals surface area contributed by atoms with Gasteiger partial charge in [0.15, 0.2) is 0 Å². The van der Waals surface area contributed by atoms with Crippen LogP contribution in [0, 0.1) is 0 Å². The Morgan fingerprint density at radius 1 is 1.09 bits per heavy atom. The van der Waals surface area contributed by atoms with E-state index in [9.17, 15) is 4.79 Å². The quantitative estimate of drug-likeness (QED) is 0.917. The van der Waals surface area contributed by atoms with Gasteiger partial charge in [0.05, 0.1) is 0 Å². The summed E-state index contributed by atoms with van der Waals surface area (Å²) in [7, 11) is 0. The largest absolute Gasteiger partial charge is 0.465 e. The van der Waals surface area contributed by atoms with Gasteiger partial charge in [-0.2, -0.15) is 0 Å². The highest BCUT2D eigenvalue weighted by molar-refractivity contribution is 5.66. The van der Waals surface area contributed by atoms with Crippen LogP contribution in [0.3, 0.4) is 0 Å². The first-order valence-electron chi connectivity index (χ1n) is 7.46. The Bertz CT molecular complexity index is 639. The number of rotatable bonds is 3. The molecule has 1 N–H and O–H groups in total. The molecule has 4 nitrogen and oxygen atoms in total. The minimum atomic E-state index is -0.834. The predicted octanol–water partition coefficient (Wildman–Crippen LogP) is 4.33. The summed E-state index contributed by atoms with van der Waals surface area (Å²) in [6.45, 7) is 2.52. The molecule has 3 rings (SSSR count). The van der Waals surface area contributed by atoms with Gasteiger partial charge in [0.2, 0.25) is 0 Å². The normalized spacial score (nSPS) is 20.9. The fraction of sp³-hybridized carbons (Fsp3) is 0.278. The summed E-state index contributed by atoms with van der Waals surface area (Å²) in [5.74, 6) is 1.86. The highest BCUT2D eigenvalue weighted by Gasteiger charge is 2.32. The van der Waals surface area contributed by atoms with E-state index >= 15 is 0 Å². The van der Waals surface area contributed by atoms with Crippen molar-refractivity contribution < 1.29 is 14.6 Å². The van der Waals surface area contributed by atoms with E-state index in [1.165, 1.54) is 4.90 Å². The molecule has 1 saturated heterocycles. The van der Waals surface area contributed by atoms with E-state index < -0.39 is 6.09 Å². The van der Waals surface area contributed by atoms with Gasteiger partial charge in [-0.25, -0.2) is 4.79 Å². The molecule has 0 aromatic heterocycles. The van der Waals surface area contributed by atoms with E-state index in [1.807, 2.05) is 61.5 Å². The second kappa shape index (κ2) is 6.10. The molecule has 1 fully saturated rings. The topological polar surface area (TPSA) is 49.8 Å². The Labute approximate surface area is 130 Å². The van der Waals surface area contributed by atoms with Crippen LogP contribution in [0.25, 0.3) is 0 Å². The van der Waals surface area contributed by atoms with Crippen LogP contribution in [0.4, 0.5) is 4.79 Å². The molecule has 0 aliphatic carbocycles. The molecule has 0 saturated carbocycles. The molecular weight excluding hydrogens is 278 g/mol. The van der Waals surface area contributed by atoms with Gasteiger partial charge in [-0.1, -0.05) is 30.3 Å². The number of nitrogens with zero attached hydrogens (tertiary/aromatic N) is 1. The highest BCUT2D eigenvalue weighted by Crippen LogP contribution is 2.33. The third-order valence-electron chi connectivity index (χ3n) is 4.15. The van der Waals surface area contributed by atoms with Crippen molar-refractivity contribution in [3.05, 3.63) is 60.2 Å². The van der Waals surface area contributed by atoms with Crippen molar-refractivity contribution in [2.75, 3.05) is 6.54 Å². The Morgan fingerprint density at radius 3 is 2.32 bits per heavy atom. The molecule has 2 aromatic carbocycles. The first-order chi connectivity index (χ1) is 10.6. The van der Waals surface area contributed by atoms with E-state index in [0.717, 1.165) is 23.5 Å². The van der Waals surface area contributed by atoms with Crippen molar-refractivity contribution in [2.45, 2.75) is 25.3 Å². The van der Waals surface area contributed by atoms with Crippen molar-refractivity contribution in [2.24, 2.45) is 0 Å². The average molecular weight is 297 g/mol. The number of para-hydroxylation sites is 1. The molecule has 1 amide bonds. The van der Waals surface area contributed by atoms with E-state index in [-0.39, 0.29) is 12.0 Å². The number of carboxylic acid groups (broad SMARTS) is 1. The molecule has 1 heterocycles. The molecule has 22 heavy (non-hydrogen) atoms. The van der Waals surface area contributed by atoms with Crippen LogP contribution in [0.1, 0.15) is 24.8 Å². The van der Waals surface area contributed by atoms with Crippen LogP contribution >= 0.6 is 0 Å². The summed E-state index contributed by atoms with van der Waals surface area (Å²) in [4.78, 5) is 12.7. The van der Waals surface area contributed by atoms with Gasteiger partial charge in [-0.3, -0.25) is 0 Å². The van der Waals surface area contributed by atoms with Crippen LogP contribution < -0.4 is 4.74 Å². The zero-order chi connectivity index (χ0) is 15.5. The third-order valence-corrected chi connectivity index (χ3v) is 4.15. The number of carbonyl (C=O) groups is 1. The fourth-order valence-electron chi connectivity index (χ4n) is 2.97. The van der Waals surface area contributed by atoms with Crippen molar-refractivity contribution in [1.29, 1.82) is 0 Å². The number of ether oxygens (including phenoxy) is 1. The lowest BCUT2D eigenvalue weighted by Crippen LogP contribution is -2.32. The molecular formula is C18H19NO3. The van der Waals surface area contributed by atoms with Crippen LogP contribution in [-0.2, 0) is 0 Å². The SMILES string of the molecule is C[C@@H]1C[C@H](c2ccc(Oc3ccccc3)cc2)CN1C(=O)O. The Morgan fingerprint density at radius 2 is 1.73 bits per heavy atom. The van der Waals surface area contributed by atoms with Gasteiger partial charge in [-0.15, -0.1) is 0 Å². The lowest BCUT2D eigenvalue weighted by Gasteiger charge is -2.16. The second-order valence-corrected chi connectivity index (χ2v) is 5.70. The van der Waals surface area contributed by atoms with Crippen LogP contribution in [0.15, 0.2) is 54.6 Å². The van der Waals surface area contributed by atoms with Crippen LogP contribution in [0.2, 0.25) is 0 Å². The Kier molecular flexibility index (Phi) is 4.00. The lowest BCUT2D eigenvalue weighted by atomic mass is 9.97. The van der Waals surface area contributed by atoms with E-state index in [2.05, 4.69) is 0 Å². The Hall–Kier alpha value is -2.49. The number of hydrogen-bond acceptors (Lipinski definition) is 2.